The Kier molecular flexibility index (Phi) is 3.63. The average molecular weight is 309 g/mol. The van der Waals surface area contributed by atoms with E-state index in [0.29, 0.717) is 35.2 Å². The molecule has 1 saturated heterocycles. The van der Waals surface area contributed by atoms with E-state index in [2.05, 4.69) is 4.98 Å². The number of amides is 1. The molecule has 6 heteroatoms. The number of alkyl halides is 1. The molecule has 0 aliphatic carbocycles. The number of benzene rings is 1. The molecule has 4 nitrogen and oxygen atoms in total. The van der Waals surface area contributed by atoms with Gasteiger partial charge in [-0.1, -0.05) is 12.1 Å². The van der Waals surface area contributed by atoms with Crippen LogP contribution in [0.1, 0.15) is 6.42 Å². The maximum Gasteiger partial charge on any atom is 0.229 e. The summed E-state index contributed by atoms with van der Waals surface area (Å²) in [5, 5.41) is 12.4. The van der Waals surface area contributed by atoms with Gasteiger partial charge in [0.2, 0.25) is 5.91 Å². The van der Waals surface area contributed by atoms with Crippen molar-refractivity contribution in [1.82, 2.24) is 4.98 Å². The number of para-hydroxylation sites is 1. The van der Waals surface area contributed by atoms with Crippen molar-refractivity contribution in [1.29, 1.82) is 0 Å². The average Bonchev–Trinajstić information content (AvgIpc) is 3.05. The molecular weight excluding hydrogens is 296 g/mol. The van der Waals surface area contributed by atoms with Crippen molar-refractivity contribution in [2.75, 3.05) is 17.3 Å². The van der Waals surface area contributed by atoms with Gasteiger partial charge in [-0.3, -0.25) is 9.69 Å². The maximum absolute atomic E-state index is 11.9. The van der Waals surface area contributed by atoms with Gasteiger partial charge in [-0.15, -0.1) is 22.9 Å². The lowest BCUT2D eigenvalue weighted by Crippen LogP contribution is -2.24. The fourth-order valence-corrected chi connectivity index (χ4v) is 3.33. The van der Waals surface area contributed by atoms with Gasteiger partial charge in [0.25, 0.3) is 0 Å². The largest absolute Gasteiger partial charge is 0.507 e. The second-order valence-corrected chi connectivity index (χ2v) is 5.91. The summed E-state index contributed by atoms with van der Waals surface area (Å²) in [5.41, 5.74) is 1.36. The molecule has 2 heterocycles. The minimum Gasteiger partial charge on any atom is -0.507 e. The lowest BCUT2D eigenvalue weighted by atomic mass is 10.1. The topological polar surface area (TPSA) is 53.4 Å². The van der Waals surface area contributed by atoms with Crippen LogP contribution in [0.3, 0.4) is 0 Å². The standard InChI is InChI=1S/C14H13ClN2O2S/c15-6-9-5-13(19)17(7-9)14-16-11(8-20-14)10-3-1-2-4-12(10)18/h1-4,8-9,18H,5-7H2. The quantitative estimate of drug-likeness (QED) is 0.886. The third-order valence-corrected chi connectivity index (χ3v) is 4.63. The van der Waals surface area contributed by atoms with Crippen molar-refractivity contribution in [3.05, 3.63) is 29.6 Å². The molecule has 1 fully saturated rings. The molecule has 20 heavy (non-hydrogen) atoms. The van der Waals surface area contributed by atoms with Crippen LogP contribution in [0.15, 0.2) is 29.6 Å². The van der Waals surface area contributed by atoms with Gasteiger partial charge in [-0.2, -0.15) is 0 Å². The second kappa shape index (κ2) is 5.42. The number of anilines is 1. The SMILES string of the molecule is O=C1CC(CCl)CN1c1nc(-c2ccccc2O)cs1. The number of carbonyl (C=O) groups excluding carboxylic acids is 1. The molecule has 104 valence electrons. The van der Waals surface area contributed by atoms with Crippen LogP contribution in [-0.2, 0) is 4.79 Å². The summed E-state index contributed by atoms with van der Waals surface area (Å²) in [6, 6.07) is 7.04. The normalized spacial score (nSPS) is 18.8. The summed E-state index contributed by atoms with van der Waals surface area (Å²) in [6.07, 6.45) is 0.481. The Bertz CT molecular complexity index is 644. The van der Waals surface area contributed by atoms with E-state index in [-0.39, 0.29) is 17.6 Å². The number of phenolic OH excluding ortho intramolecular Hbond substituents is 1. The van der Waals surface area contributed by atoms with E-state index in [0.717, 1.165) is 0 Å². The van der Waals surface area contributed by atoms with E-state index >= 15 is 0 Å². The highest BCUT2D eigenvalue weighted by atomic mass is 35.5. The van der Waals surface area contributed by atoms with E-state index in [1.807, 2.05) is 17.5 Å². The first-order chi connectivity index (χ1) is 9.69. The molecular formula is C14H13ClN2O2S. The van der Waals surface area contributed by atoms with Gasteiger partial charge in [-0.25, -0.2) is 4.98 Å². The van der Waals surface area contributed by atoms with Gasteiger partial charge in [0, 0.05) is 29.8 Å². The highest BCUT2D eigenvalue weighted by Gasteiger charge is 2.31. The number of nitrogens with zero attached hydrogens (tertiary/aromatic N) is 2. The first-order valence-corrected chi connectivity index (χ1v) is 7.70. The summed E-state index contributed by atoms with van der Waals surface area (Å²) < 4.78 is 0. The monoisotopic (exact) mass is 308 g/mol. The molecule has 0 spiro atoms. The molecule has 0 radical (unpaired) electrons. The predicted molar refractivity (Wildman–Crippen MR) is 80.4 cm³/mol. The Morgan fingerprint density at radius 1 is 1.45 bits per heavy atom. The van der Waals surface area contributed by atoms with Crippen molar-refractivity contribution < 1.29 is 9.90 Å². The zero-order valence-electron chi connectivity index (χ0n) is 10.6. The highest BCUT2D eigenvalue weighted by molar-refractivity contribution is 7.14. The fraction of sp³-hybridized carbons (Fsp3) is 0.286. The van der Waals surface area contributed by atoms with Crippen LogP contribution < -0.4 is 4.90 Å². The van der Waals surface area contributed by atoms with Gasteiger partial charge in [0.15, 0.2) is 5.13 Å². The van der Waals surface area contributed by atoms with Gasteiger partial charge < -0.3 is 5.11 Å². The molecule has 3 rings (SSSR count). The van der Waals surface area contributed by atoms with Crippen LogP contribution in [0.25, 0.3) is 11.3 Å². The first kappa shape index (κ1) is 13.4. The lowest BCUT2D eigenvalue weighted by molar-refractivity contribution is -0.117. The fourth-order valence-electron chi connectivity index (χ4n) is 2.27. The van der Waals surface area contributed by atoms with E-state index in [1.54, 1.807) is 17.0 Å². The minimum atomic E-state index is 0.0637. The smallest absolute Gasteiger partial charge is 0.229 e. The zero-order chi connectivity index (χ0) is 14.1. The number of halogens is 1. The molecule has 1 atom stereocenters. The molecule has 0 saturated carbocycles. The van der Waals surface area contributed by atoms with Crippen molar-refractivity contribution in [3.8, 4) is 17.0 Å². The maximum atomic E-state index is 11.9. The molecule has 1 unspecified atom stereocenters. The van der Waals surface area contributed by atoms with Crippen molar-refractivity contribution in [3.63, 3.8) is 0 Å². The first-order valence-electron chi connectivity index (χ1n) is 6.29. The van der Waals surface area contributed by atoms with Gasteiger partial charge in [0.1, 0.15) is 5.75 Å². The number of rotatable bonds is 3. The van der Waals surface area contributed by atoms with Crippen molar-refractivity contribution in [2.45, 2.75) is 6.42 Å². The summed E-state index contributed by atoms with van der Waals surface area (Å²) in [4.78, 5) is 18.1. The minimum absolute atomic E-state index is 0.0637. The molecule has 1 aliphatic rings. The predicted octanol–water partition coefficient (Wildman–Crippen LogP) is 3.11. The Labute approximate surface area is 125 Å². The Morgan fingerprint density at radius 2 is 2.25 bits per heavy atom. The van der Waals surface area contributed by atoms with Crippen LogP contribution in [0.5, 0.6) is 5.75 Å². The van der Waals surface area contributed by atoms with Crippen LogP contribution in [0.4, 0.5) is 5.13 Å². The molecule has 1 aromatic heterocycles. The van der Waals surface area contributed by atoms with Crippen LogP contribution in [-0.4, -0.2) is 28.4 Å². The number of aromatic nitrogens is 1. The molecule has 1 aromatic carbocycles. The van der Waals surface area contributed by atoms with E-state index < -0.39 is 0 Å². The Balaban J connectivity index is 1.88. The van der Waals surface area contributed by atoms with Gasteiger partial charge in [0.05, 0.1) is 5.69 Å². The van der Waals surface area contributed by atoms with Crippen LogP contribution >= 0.6 is 22.9 Å². The summed E-state index contributed by atoms with van der Waals surface area (Å²) >= 11 is 7.23. The number of hydrogen-bond donors (Lipinski definition) is 1. The van der Waals surface area contributed by atoms with Gasteiger partial charge in [-0.05, 0) is 18.1 Å². The number of carbonyl (C=O) groups is 1. The highest BCUT2D eigenvalue weighted by Crippen LogP contribution is 2.34. The number of hydrogen-bond acceptors (Lipinski definition) is 4. The molecule has 1 aliphatic heterocycles. The third kappa shape index (κ3) is 2.39. The second-order valence-electron chi connectivity index (χ2n) is 4.76. The summed E-state index contributed by atoms with van der Waals surface area (Å²) in [6.45, 7) is 0.621. The van der Waals surface area contributed by atoms with Gasteiger partial charge >= 0.3 is 0 Å². The van der Waals surface area contributed by atoms with Crippen molar-refractivity contribution in [2.24, 2.45) is 5.92 Å². The Morgan fingerprint density at radius 3 is 2.95 bits per heavy atom. The summed E-state index contributed by atoms with van der Waals surface area (Å²) in [7, 11) is 0. The van der Waals surface area contributed by atoms with Crippen LogP contribution in [0, 0.1) is 5.92 Å². The van der Waals surface area contributed by atoms with E-state index in [4.69, 9.17) is 11.6 Å². The Hall–Kier alpha value is -1.59. The molecule has 1 amide bonds. The molecule has 0 bridgehead atoms. The number of thiazole rings is 1. The molecule has 1 N–H and O–H groups in total. The zero-order valence-corrected chi connectivity index (χ0v) is 12.2. The van der Waals surface area contributed by atoms with Crippen molar-refractivity contribution >= 4 is 34.0 Å². The number of aromatic hydroxyl groups is 1. The summed E-state index contributed by atoms with van der Waals surface area (Å²) in [5.74, 6) is 0.936. The van der Waals surface area contributed by atoms with Crippen LogP contribution in [0.2, 0.25) is 0 Å². The van der Waals surface area contributed by atoms with E-state index in [9.17, 15) is 9.90 Å². The molecule has 2 aromatic rings. The lowest BCUT2D eigenvalue weighted by Gasteiger charge is -2.11. The third-order valence-electron chi connectivity index (χ3n) is 3.33. The number of phenols is 1. The van der Waals surface area contributed by atoms with E-state index in [1.165, 1.54) is 11.3 Å².